The Bertz CT molecular complexity index is 406. The number of allylic oxidation sites excluding steroid dienone is 2. The molecule has 0 bridgehead atoms. The second-order valence-corrected chi connectivity index (χ2v) is 6.57. The second kappa shape index (κ2) is 4.21. The van der Waals surface area contributed by atoms with Gasteiger partial charge in [-0.3, -0.25) is 14.4 Å². The van der Waals surface area contributed by atoms with Gasteiger partial charge in [0, 0.05) is 5.57 Å². The van der Waals surface area contributed by atoms with E-state index >= 15 is 0 Å². The Morgan fingerprint density at radius 2 is 1.53 bits per heavy atom. The van der Waals surface area contributed by atoms with Crippen molar-refractivity contribution in [1.29, 1.82) is 0 Å². The molecule has 17 heavy (non-hydrogen) atoms. The second-order valence-electron chi connectivity index (χ2n) is 6.57. The van der Waals surface area contributed by atoms with Crippen molar-refractivity contribution in [3.63, 3.8) is 0 Å². The first-order chi connectivity index (χ1) is 7.53. The topological polar surface area (TPSA) is 51.2 Å². The zero-order valence-electron chi connectivity index (χ0n) is 11.2. The summed E-state index contributed by atoms with van der Waals surface area (Å²) in [4.78, 5) is 34.4. The van der Waals surface area contributed by atoms with Gasteiger partial charge in [0.25, 0.3) is 0 Å². The number of Topliss-reactive ketones (excluding diaryl/α,β-unsaturated/α-hetero) is 2. The molecule has 0 radical (unpaired) electrons. The van der Waals surface area contributed by atoms with Gasteiger partial charge in [-0.2, -0.15) is 0 Å². The van der Waals surface area contributed by atoms with Crippen molar-refractivity contribution in [3.05, 3.63) is 11.6 Å². The molecule has 3 heteroatoms. The van der Waals surface area contributed by atoms with Crippen molar-refractivity contribution in [2.45, 2.75) is 47.5 Å². The van der Waals surface area contributed by atoms with Gasteiger partial charge in [-0.1, -0.05) is 34.6 Å². The van der Waals surface area contributed by atoms with E-state index in [4.69, 9.17) is 0 Å². The molecule has 1 aliphatic carbocycles. The average Bonchev–Trinajstić information content (AvgIpc) is 2.06. The molecule has 0 aliphatic heterocycles. The monoisotopic (exact) mass is 236 g/mol. The maximum Gasteiger partial charge on any atom is 0.222 e. The Hall–Kier alpha value is -1.25. The number of hydrogen-bond acceptors (Lipinski definition) is 3. The summed E-state index contributed by atoms with van der Waals surface area (Å²) in [6, 6.07) is 0. The molecule has 0 unspecified atom stereocenters. The molecule has 0 aromatic carbocycles. The van der Waals surface area contributed by atoms with E-state index in [0.717, 1.165) is 6.42 Å². The molecule has 0 aromatic rings. The molecule has 94 valence electrons. The summed E-state index contributed by atoms with van der Waals surface area (Å²) in [6.45, 7) is 10.2. The molecule has 0 aromatic heterocycles. The summed E-state index contributed by atoms with van der Waals surface area (Å²) in [5.41, 5.74) is 0.193. The molecule has 0 saturated heterocycles. The van der Waals surface area contributed by atoms with Gasteiger partial charge < -0.3 is 0 Å². The van der Waals surface area contributed by atoms with Crippen molar-refractivity contribution in [2.24, 2.45) is 10.8 Å². The standard InChI is InChI=1S/C14H20O3/c1-13(2,3)8-14(4,5)9-6-11(16)12(17)7-10(9)15/h6H,7-8H2,1-5H3. The quantitative estimate of drug-likeness (QED) is 0.546. The third-order valence-corrected chi connectivity index (χ3v) is 2.87. The van der Waals surface area contributed by atoms with Crippen LogP contribution in [-0.2, 0) is 14.4 Å². The van der Waals surface area contributed by atoms with E-state index < -0.39 is 11.6 Å². The molecular formula is C14H20O3. The Balaban J connectivity index is 3.06. The molecule has 0 N–H and O–H groups in total. The minimum atomic E-state index is -0.592. The minimum absolute atomic E-state index is 0.0646. The Morgan fingerprint density at radius 1 is 1.00 bits per heavy atom. The van der Waals surface area contributed by atoms with Gasteiger partial charge in [0.1, 0.15) is 0 Å². The summed E-state index contributed by atoms with van der Waals surface area (Å²) in [5, 5.41) is 0. The highest BCUT2D eigenvalue weighted by Crippen LogP contribution is 2.40. The van der Waals surface area contributed by atoms with E-state index in [-0.39, 0.29) is 23.0 Å². The third kappa shape index (κ3) is 3.35. The summed E-state index contributed by atoms with van der Waals surface area (Å²) >= 11 is 0. The van der Waals surface area contributed by atoms with E-state index in [2.05, 4.69) is 20.8 Å². The van der Waals surface area contributed by atoms with Crippen LogP contribution >= 0.6 is 0 Å². The molecule has 1 aliphatic rings. The van der Waals surface area contributed by atoms with Crippen molar-refractivity contribution in [2.75, 3.05) is 0 Å². The third-order valence-electron chi connectivity index (χ3n) is 2.87. The van der Waals surface area contributed by atoms with Crippen LogP contribution in [0.15, 0.2) is 11.6 Å². The van der Waals surface area contributed by atoms with Crippen molar-refractivity contribution < 1.29 is 14.4 Å². The lowest BCUT2D eigenvalue weighted by Gasteiger charge is -2.34. The highest BCUT2D eigenvalue weighted by atomic mass is 16.2. The average molecular weight is 236 g/mol. The van der Waals surface area contributed by atoms with E-state index in [1.165, 1.54) is 6.08 Å². The Kier molecular flexibility index (Phi) is 3.42. The van der Waals surface area contributed by atoms with Crippen LogP contribution in [0.3, 0.4) is 0 Å². The molecule has 0 fully saturated rings. The van der Waals surface area contributed by atoms with Crippen LogP contribution in [0.1, 0.15) is 47.5 Å². The van der Waals surface area contributed by atoms with E-state index in [0.29, 0.717) is 5.57 Å². The summed E-state index contributed by atoms with van der Waals surface area (Å²) < 4.78 is 0. The molecule has 1 rings (SSSR count). The van der Waals surface area contributed by atoms with Crippen LogP contribution in [0.25, 0.3) is 0 Å². The van der Waals surface area contributed by atoms with E-state index in [1.807, 2.05) is 13.8 Å². The highest BCUT2D eigenvalue weighted by Gasteiger charge is 2.37. The largest absolute Gasteiger partial charge is 0.294 e. The number of carbonyl (C=O) groups is 3. The molecule has 0 saturated carbocycles. The zero-order valence-corrected chi connectivity index (χ0v) is 11.2. The molecule has 0 atom stereocenters. The van der Waals surface area contributed by atoms with Gasteiger partial charge in [-0.15, -0.1) is 0 Å². The van der Waals surface area contributed by atoms with Gasteiger partial charge in [-0.25, -0.2) is 0 Å². The first-order valence-electron chi connectivity index (χ1n) is 5.85. The van der Waals surface area contributed by atoms with Crippen LogP contribution in [0, 0.1) is 10.8 Å². The Morgan fingerprint density at radius 3 is 2.00 bits per heavy atom. The number of carbonyl (C=O) groups excluding carboxylic acids is 3. The van der Waals surface area contributed by atoms with Crippen LogP contribution in [-0.4, -0.2) is 17.3 Å². The van der Waals surface area contributed by atoms with E-state index in [9.17, 15) is 14.4 Å². The van der Waals surface area contributed by atoms with Gasteiger partial charge in [0.15, 0.2) is 5.78 Å². The molecular weight excluding hydrogens is 216 g/mol. The summed E-state index contributed by atoms with van der Waals surface area (Å²) in [5.74, 6) is -1.34. The minimum Gasteiger partial charge on any atom is -0.294 e. The highest BCUT2D eigenvalue weighted by molar-refractivity contribution is 6.48. The molecule has 0 spiro atoms. The van der Waals surface area contributed by atoms with Crippen LogP contribution in [0.5, 0.6) is 0 Å². The SMILES string of the molecule is CC(C)(C)CC(C)(C)C1=CC(=O)C(=O)CC1=O. The molecule has 0 heterocycles. The van der Waals surface area contributed by atoms with Crippen LogP contribution < -0.4 is 0 Å². The van der Waals surface area contributed by atoms with Gasteiger partial charge in [0.05, 0.1) is 6.42 Å². The predicted molar refractivity (Wildman–Crippen MR) is 65.6 cm³/mol. The normalized spacial score (nSPS) is 18.4. The van der Waals surface area contributed by atoms with Crippen molar-refractivity contribution in [1.82, 2.24) is 0 Å². The first-order valence-corrected chi connectivity index (χ1v) is 5.85. The number of ketones is 3. The summed E-state index contributed by atoms with van der Waals surface area (Å²) in [7, 11) is 0. The smallest absolute Gasteiger partial charge is 0.222 e. The van der Waals surface area contributed by atoms with Crippen molar-refractivity contribution in [3.8, 4) is 0 Å². The number of hydrogen-bond donors (Lipinski definition) is 0. The van der Waals surface area contributed by atoms with Gasteiger partial charge in [-0.05, 0) is 23.3 Å². The zero-order chi connectivity index (χ0) is 13.4. The maximum absolute atomic E-state index is 11.8. The first kappa shape index (κ1) is 13.8. The predicted octanol–water partition coefficient (Wildman–Crippen LogP) is 2.49. The molecule has 0 amide bonds. The lowest BCUT2D eigenvalue weighted by molar-refractivity contribution is -0.137. The Labute approximate surface area is 102 Å². The fourth-order valence-corrected chi connectivity index (χ4v) is 2.61. The fourth-order valence-electron chi connectivity index (χ4n) is 2.61. The van der Waals surface area contributed by atoms with Crippen molar-refractivity contribution >= 4 is 17.3 Å². The van der Waals surface area contributed by atoms with Gasteiger partial charge in [0.2, 0.25) is 11.6 Å². The van der Waals surface area contributed by atoms with Gasteiger partial charge >= 0.3 is 0 Å². The maximum atomic E-state index is 11.8. The van der Waals surface area contributed by atoms with E-state index in [1.54, 1.807) is 0 Å². The lowest BCUT2D eigenvalue weighted by Crippen LogP contribution is -2.33. The number of rotatable bonds is 2. The van der Waals surface area contributed by atoms with Crippen LogP contribution in [0.4, 0.5) is 0 Å². The fraction of sp³-hybridized carbons (Fsp3) is 0.643. The lowest BCUT2D eigenvalue weighted by atomic mass is 9.69. The summed E-state index contributed by atoms with van der Waals surface area (Å²) in [6.07, 6.45) is 1.76. The van der Waals surface area contributed by atoms with Crippen LogP contribution in [0.2, 0.25) is 0 Å². The molecule has 3 nitrogen and oxygen atoms in total.